The van der Waals surface area contributed by atoms with E-state index >= 15 is 0 Å². The van der Waals surface area contributed by atoms with E-state index in [4.69, 9.17) is 5.11 Å². The minimum absolute atomic E-state index is 0.0612. The van der Waals surface area contributed by atoms with Crippen LogP contribution in [0.1, 0.15) is 11.4 Å². The Morgan fingerprint density at radius 1 is 1.45 bits per heavy atom. The van der Waals surface area contributed by atoms with E-state index in [1.54, 1.807) is 19.1 Å². The van der Waals surface area contributed by atoms with Crippen molar-refractivity contribution in [2.75, 3.05) is 11.3 Å². The number of aliphatic hydroxyl groups is 1. The molecule has 3 N–H and O–H groups in total. The van der Waals surface area contributed by atoms with E-state index < -0.39 is 10.0 Å². The van der Waals surface area contributed by atoms with E-state index in [0.717, 1.165) is 0 Å². The van der Waals surface area contributed by atoms with Crippen molar-refractivity contribution >= 4 is 15.8 Å². The van der Waals surface area contributed by atoms with Gasteiger partial charge in [-0.1, -0.05) is 12.0 Å². The van der Waals surface area contributed by atoms with Crippen LogP contribution < -0.4 is 4.72 Å². The molecule has 104 valence electrons. The number of rotatable bonds is 3. The highest BCUT2D eigenvalue weighted by Crippen LogP contribution is 2.16. The summed E-state index contributed by atoms with van der Waals surface area (Å²) in [4.78, 5) is 4.09. The third kappa shape index (κ3) is 3.14. The number of aryl methyl sites for hydroxylation is 1. The van der Waals surface area contributed by atoms with Gasteiger partial charge in [-0.2, -0.15) is 5.10 Å². The summed E-state index contributed by atoms with van der Waals surface area (Å²) in [6.45, 7) is 1.32. The molecule has 0 aliphatic rings. The van der Waals surface area contributed by atoms with Gasteiger partial charge in [0.1, 0.15) is 23.0 Å². The molecule has 0 aliphatic carbocycles. The predicted octanol–water partition coefficient (Wildman–Crippen LogP) is 0.258. The minimum atomic E-state index is -3.74. The van der Waals surface area contributed by atoms with E-state index in [0.29, 0.717) is 11.4 Å². The quantitative estimate of drug-likeness (QED) is 0.703. The van der Waals surface area contributed by atoms with Gasteiger partial charge in [0.25, 0.3) is 10.0 Å². The molecule has 0 aromatic carbocycles. The van der Waals surface area contributed by atoms with Crippen LogP contribution in [0.2, 0.25) is 0 Å². The highest BCUT2D eigenvalue weighted by atomic mass is 32.2. The zero-order chi connectivity index (χ0) is 14.6. The number of aromatic nitrogens is 3. The number of aliphatic hydroxyl groups excluding tert-OH is 1. The highest BCUT2D eigenvalue weighted by Gasteiger charge is 2.19. The predicted molar refractivity (Wildman–Crippen MR) is 72.3 cm³/mol. The monoisotopic (exact) mass is 292 g/mol. The third-order valence-electron chi connectivity index (χ3n) is 2.36. The second-order valence-electron chi connectivity index (χ2n) is 3.83. The smallest absolute Gasteiger partial charge is 0.266 e. The molecule has 2 aromatic rings. The molecule has 0 saturated heterocycles. The van der Waals surface area contributed by atoms with Gasteiger partial charge in [-0.05, 0) is 25.0 Å². The highest BCUT2D eigenvalue weighted by molar-refractivity contribution is 7.92. The fourth-order valence-electron chi connectivity index (χ4n) is 1.49. The molecule has 0 spiro atoms. The molecule has 0 fully saturated rings. The van der Waals surface area contributed by atoms with E-state index in [2.05, 4.69) is 31.7 Å². The molecule has 20 heavy (non-hydrogen) atoms. The molecule has 0 saturated carbocycles. The number of nitrogens with zero attached hydrogens (tertiary/aromatic N) is 2. The Labute approximate surface area is 116 Å². The normalized spacial score (nSPS) is 10.7. The van der Waals surface area contributed by atoms with Crippen molar-refractivity contribution in [3.05, 3.63) is 35.8 Å². The van der Waals surface area contributed by atoms with Crippen molar-refractivity contribution in [2.45, 2.75) is 11.8 Å². The lowest BCUT2D eigenvalue weighted by Crippen LogP contribution is -2.14. The average Bonchev–Trinajstić information content (AvgIpc) is 2.83. The van der Waals surface area contributed by atoms with E-state index in [1.807, 2.05) is 0 Å². The maximum atomic E-state index is 12.1. The Kier molecular flexibility index (Phi) is 4.02. The lowest BCUT2D eigenvalue weighted by Gasteiger charge is -2.06. The van der Waals surface area contributed by atoms with Gasteiger partial charge in [-0.25, -0.2) is 13.4 Å². The number of aromatic amines is 1. The van der Waals surface area contributed by atoms with Crippen LogP contribution >= 0.6 is 0 Å². The molecule has 2 aromatic heterocycles. The Hall–Kier alpha value is -2.37. The fourth-order valence-corrected chi connectivity index (χ4v) is 2.63. The molecule has 2 heterocycles. The van der Waals surface area contributed by atoms with E-state index in [-0.39, 0.29) is 17.3 Å². The Morgan fingerprint density at radius 3 is 2.90 bits per heavy atom. The first-order chi connectivity index (χ1) is 9.53. The van der Waals surface area contributed by atoms with Crippen molar-refractivity contribution in [1.82, 2.24) is 15.2 Å². The molecular formula is C12H12N4O3S. The van der Waals surface area contributed by atoms with E-state index in [9.17, 15) is 8.42 Å². The molecule has 2 rings (SSSR count). The summed E-state index contributed by atoms with van der Waals surface area (Å²) in [6, 6.07) is 4.75. The molecule has 0 radical (unpaired) electrons. The van der Waals surface area contributed by atoms with Gasteiger partial charge >= 0.3 is 0 Å². The van der Waals surface area contributed by atoms with Crippen molar-refractivity contribution in [3.63, 3.8) is 0 Å². The molecular weight excluding hydrogens is 280 g/mol. The lowest BCUT2D eigenvalue weighted by atomic mass is 10.3. The molecule has 0 unspecified atom stereocenters. The van der Waals surface area contributed by atoms with Gasteiger partial charge in [0.15, 0.2) is 0 Å². The maximum absolute atomic E-state index is 12.1. The molecule has 7 nitrogen and oxygen atoms in total. The van der Waals surface area contributed by atoms with Crippen LogP contribution in [0.15, 0.2) is 29.3 Å². The van der Waals surface area contributed by atoms with Crippen LogP contribution in [0.3, 0.4) is 0 Å². The number of sulfonamides is 1. The minimum Gasteiger partial charge on any atom is -0.384 e. The molecule has 0 aliphatic heterocycles. The van der Waals surface area contributed by atoms with Gasteiger partial charge < -0.3 is 5.11 Å². The Morgan fingerprint density at radius 2 is 2.25 bits per heavy atom. The number of H-pyrrole nitrogens is 1. The van der Waals surface area contributed by atoms with Crippen LogP contribution in [0.4, 0.5) is 5.82 Å². The first-order valence-electron chi connectivity index (χ1n) is 5.62. The van der Waals surface area contributed by atoms with Crippen LogP contribution in [0.25, 0.3) is 0 Å². The first kappa shape index (κ1) is 14.0. The summed E-state index contributed by atoms with van der Waals surface area (Å²) in [5, 5.41) is 14.8. The number of anilines is 1. The van der Waals surface area contributed by atoms with Crippen molar-refractivity contribution < 1.29 is 13.5 Å². The van der Waals surface area contributed by atoms with Crippen molar-refractivity contribution in [2.24, 2.45) is 0 Å². The summed E-state index contributed by atoms with van der Waals surface area (Å²) in [6.07, 6.45) is 1.23. The first-order valence-corrected chi connectivity index (χ1v) is 7.11. The van der Waals surface area contributed by atoms with Gasteiger partial charge in [0, 0.05) is 0 Å². The summed E-state index contributed by atoms with van der Waals surface area (Å²) in [5.41, 5.74) is 0.803. The largest absolute Gasteiger partial charge is 0.384 e. The van der Waals surface area contributed by atoms with Crippen LogP contribution in [-0.4, -0.2) is 35.3 Å². The second kappa shape index (κ2) is 5.73. The van der Waals surface area contributed by atoms with Crippen molar-refractivity contribution in [1.29, 1.82) is 0 Å². The van der Waals surface area contributed by atoms with Gasteiger partial charge in [0.05, 0.1) is 11.9 Å². The summed E-state index contributed by atoms with van der Waals surface area (Å²) < 4.78 is 26.6. The number of hydrogen-bond donors (Lipinski definition) is 3. The average molecular weight is 292 g/mol. The van der Waals surface area contributed by atoms with E-state index in [1.165, 1.54) is 12.3 Å². The lowest BCUT2D eigenvalue weighted by molar-refractivity contribution is 0.350. The van der Waals surface area contributed by atoms with Crippen LogP contribution in [-0.2, 0) is 10.0 Å². The molecule has 8 heteroatoms. The molecule has 0 atom stereocenters. The second-order valence-corrected chi connectivity index (χ2v) is 5.48. The summed E-state index contributed by atoms with van der Waals surface area (Å²) in [5.74, 6) is 5.19. The molecule has 0 bridgehead atoms. The topological polar surface area (TPSA) is 108 Å². The molecule has 0 amide bonds. The zero-order valence-corrected chi connectivity index (χ0v) is 11.4. The van der Waals surface area contributed by atoms with Gasteiger partial charge in [-0.15, -0.1) is 0 Å². The summed E-state index contributed by atoms with van der Waals surface area (Å²) in [7, 11) is -3.74. The van der Waals surface area contributed by atoms with Gasteiger partial charge in [-0.3, -0.25) is 9.82 Å². The SMILES string of the molecule is Cc1[nH]ncc1S(=O)(=O)Nc1cccc(C#CCO)n1. The number of hydrogen-bond acceptors (Lipinski definition) is 5. The standard InChI is InChI=1S/C12H12N4O3S/c1-9-11(8-13-15-9)20(18,19)16-12-6-2-4-10(14-12)5-3-7-17/h2,4,6,8,17H,7H2,1H3,(H,13,15)(H,14,16). The Balaban J connectivity index is 2.28. The summed E-state index contributed by atoms with van der Waals surface area (Å²) >= 11 is 0. The van der Waals surface area contributed by atoms with Crippen LogP contribution in [0, 0.1) is 18.8 Å². The van der Waals surface area contributed by atoms with Crippen molar-refractivity contribution in [3.8, 4) is 11.8 Å². The number of nitrogens with one attached hydrogen (secondary N) is 2. The fraction of sp³-hybridized carbons (Fsp3) is 0.167. The third-order valence-corrected chi connectivity index (χ3v) is 3.83. The maximum Gasteiger partial charge on any atom is 0.266 e. The van der Waals surface area contributed by atoms with Crippen LogP contribution in [0.5, 0.6) is 0 Å². The van der Waals surface area contributed by atoms with Gasteiger partial charge in [0.2, 0.25) is 0 Å². The Bertz CT molecular complexity index is 771. The number of pyridine rings is 1. The zero-order valence-electron chi connectivity index (χ0n) is 10.6.